The predicted molar refractivity (Wildman–Crippen MR) is 454 cm³/mol. The number of aromatic nitrogens is 15. The quantitative estimate of drug-likeness (QED) is 0.0277. The molecule has 0 unspecified atom stereocenters. The summed E-state index contributed by atoms with van der Waals surface area (Å²) in [4.78, 5) is 115. The molecule has 10 heterocycles. The Morgan fingerprint density at radius 3 is 1.21 bits per heavy atom. The summed E-state index contributed by atoms with van der Waals surface area (Å²) in [7, 11) is 0. The third kappa shape index (κ3) is 27.5. The van der Waals surface area contributed by atoms with Crippen LogP contribution in [0.25, 0.3) is 56.9 Å². The number of carbonyl (C=O) groups is 5. The van der Waals surface area contributed by atoms with Crippen molar-refractivity contribution in [2.24, 2.45) is 0 Å². The Hall–Kier alpha value is -11.8. The lowest BCUT2D eigenvalue weighted by Crippen LogP contribution is -2.15. The van der Waals surface area contributed by atoms with Gasteiger partial charge in [0.1, 0.15) is 28.7 Å². The van der Waals surface area contributed by atoms with E-state index >= 15 is 0 Å². The minimum atomic E-state index is -0.396. The molecule has 36 heteroatoms. The standard InChI is InChI=1S/C17H16N4OS2.C16H13ClN4OS2.C16H14N4OS2.2C15H11FN4OS/c1-23-16-18-10-9-13(19-16)14-11-24-17(20-14)21-15(22)8-7-12-5-3-2-4-6-12;1-23-15-18-6-5-12(19-15)13-9-24-16(20-13)21-14(22)8-10-3-2-4-11(17)7-10;1-22-15-17-8-7-12(18-15)13-10-23-16(19-13)20-14(21)9-11-5-3-2-4-6-11;16-12-3-1-10(2-4-12)9-13(21)18-15-19-14(20-22-15)11-5-7-17-8-6-11;16-12-4-2-1-3-11(12)9-13(21)18-15-19-14(20-22-15)10-5-7-17-8-6-10/h2-6,9-11H,7-8H2,1H3,(H,20,21,22);2-7,9H,8H2,1H3,(H,20,21,22);2-8,10H,9H2,1H3,(H,19,20,21);2*1-8H,9H2,(H,18,19,20,21). The summed E-state index contributed by atoms with van der Waals surface area (Å²) in [6.07, 6.45) is 19.3. The molecular formula is C79H65ClF2N20O5S8. The van der Waals surface area contributed by atoms with Crippen LogP contribution in [-0.4, -0.2) is 122 Å². The van der Waals surface area contributed by atoms with E-state index in [4.69, 9.17) is 11.6 Å². The number of benzene rings is 5. The van der Waals surface area contributed by atoms with Crippen LogP contribution in [0.15, 0.2) is 251 Å². The SMILES string of the molecule is CSc1nccc(-c2csc(NC(=O)CCc3ccccc3)n2)n1.CSc1nccc(-c2csc(NC(=O)Cc3cccc(Cl)c3)n2)n1.CSc1nccc(-c2csc(NC(=O)Cc3ccccc3)n2)n1.O=C(Cc1ccc(F)cc1)Nc1nc(-c2ccncc2)ns1.O=C(Cc1ccccc1F)Nc1nc(-c2ccncc2)ns1. The zero-order chi connectivity index (χ0) is 80.5. The van der Waals surface area contributed by atoms with Crippen LogP contribution in [0.1, 0.15) is 34.2 Å². The summed E-state index contributed by atoms with van der Waals surface area (Å²) in [5, 5.41) is 24.7. The predicted octanol–water partition coefficient (Wildman–Crippen LogP) is 17.4. The lowest BCUT2D eigenvalue weighted by molar-refractivity contribution is -0.116. The molecule has 10 aromatic heterocycles. The van der Waals surface area contributed by atoms with Crippen molar-refractivity contribution in [1.29, 1.82) is 0 Å². The van der Waals surface area contributed by atoms with Gasteiger partial charge in [0.2, 0.25) is 39.8 Å². The van der Waals surface area contributed by atoms with Crippen molar-refractivity contribution in [1.82, 2.24) is 73.5 Å². The Kier molecular flexibility index (Phi) is 32.2. The molecule has 5 aromatic carbocycles. The third-order valence-corrected chi connectivity index (χ3v) is 20.7. The number of halogens is 3. The lowest BCUT2D eigenvalue weighted by Gasteiger charge is -2.02. The molecule has 0 fully saturated rings. The van der Waals surface area contributed by atoms with Crippen LogP contribution >= 0.6 is 104 Å². The van der Waals surface area contributed by atoms with Gasteiger partial charge in [-0.2, -0.15) is 18.7 Å². The van der Waals surface area contributed by atoms with Crippen LogP contribution in [0.5, 0.6) is 0 Å². The Morgan fingerprint density at radius 2 is 0.765 bits per heavy atom. The number of nitrogens with one attached hydrogen (secondary N) is 5. The largest absolute Gasteiger partial charge is 0.302 e. The number of hydrogen-bond acceptors (Lipinski definition) is 28. The van der Waals surface area contributed by atoms with Gasteiger partial charge in [0.15, 0.2) is 42.5 Å². The zero-order valence-electron chi connectivity index (χ0n) is 60.9. The van der Waals surface area contributed by atoms with E-state index in [-0.39, 0.29) is 54.6 Å². The molecule has 0 atom stereocenters. The second-order valence-corrected chi connectivity index (χ2v) is 30.3. The minimum absolute atomic E-state index is 0.0350. The molecule has 0 aliphatic heterocycles. The number of thioether (sulfide) groups is 3. The first-order valence-electron chi connectivity index (χ1n) is 34.3. The molecule has 0 aliphatic carbocycles. The Morgan fingerprint density at radius 1 is 0.374 bits per heavy atom. The lowest BCUT2D eigenvalue weighted by atomic mass is 10.1. The summed E-state index contributed by atoms with van der Waals surface area (Å²) in [5.74, 6) is -0.449. The van der Waals surface area contributed by atoms with Gasteiger partial charge in [-0.1, -0.05) is 150 Å². The van der Waals surface area contributed by atoms with Crippen LogP contribution < -0.4 is 26.6 Å². The second kappa shape index (κ2) is 44.0. The highest BCUT2D eigenvalue weighted by atomic mass is 35.5. The maximum Gasteiger partial charge on any atom is 0.230 e. The zero-order valence-corrected chi connectivity index (χ0v) is 68.2. The number of nitrogens with zero attached hydrogens (tertiary/aromatic N) is 15. The fourth-order valence-corrected chi connectivity index (χ4v) is 14.5. The number of carbonyl (C=O) groups excluding carboxylic acids is 5. The van der Waals surface area contributed by atoms with Crippen molar-refractivity contribution >= 4 is 159 Å². The van der Waals surface area contributed by atoms with Crippen LogP contribution in [-0.2, 0) is 56.1 Å². The van der Waals surface area contributed by atoms with E-state index in [0.29, 0.717) is 82.6 Å². The smallest absolute Gasteiger partial charge is 0.230 e. The van der Waals surface area contributed by atoms with E-state index in [9.17, 15) is 32.8 Å². The fraction of sp³-hybridized carbons (Fsp3) is 0.114. The van der Waals surface area contributed by atoms with Crippen LogP contribution in [0, 0.1) is 11.6 Å². The van der Waals surface area contributed by atoms with Gasteiger partial charge in [0.25, 0.3) is 0 Å². The first-order valence-corrected chi connectivity index (χ1v) is 42.6. The molecule has 0 bridgehead atoms. The van der Waals surface area contributed by atoms with Gasteiger partial charge in [-0.15, -0.1) is 34.0 Å². The van der Waals surface area contributed by atoms with Gasteiger partial charge in [0.05, 0.1) is 42.8 Å². The van der Waals surface area contributed by atoms with E-state index in [1.807, 2.05) is 120 Å². The van der Waals surface area contributed by atoms with Crippen molar-refractivity contribution in [2.75, 3.05) is 45.4 Å². The average Bonchev–Trinajstić information content (AvgIpc) is 1.74. The number of aryl methyl sites for hydroxylation is 1. The number of anilines is 5. The minimum Gasteiger partial charge on any atom is -0.302 e. The molecule has 25 nitrogen and oxygen atoms in total. The molecule has 5 N–H and O–H groups in total. The maximum absolute atomic E-state index is 13.5. The summed E-state index contributed by atoms with van der Waals surface area (Å²) >= 11 is 16.7. The summed E-state index contributed by atoms with van der Waals surface area (Å²) < 4.78 is 34.7. The highest BCUT2D eigenvalue weighted by Crippen LogP contribution is 2.29. The fourth-order valence-electron chi connectivity index (χ4n) is 9.83. The van der Waals surface area contributed by atoms with Crippen molar-refractivity contribution in [3.63, 3.8) is 0 Å². The van der Waals surface area contributed by atoms with Gasteiger partial charge >= 0.3 is 0 Å². The van der Waals surface area contributed by atoms with Gasteiger partial charge in [-0.3, -0.25) is 33.9 Å². The molecule has 0 aliphatic rings. The number of hydrogen-bond donors (Lipinski definition) is 5. The normalized spacial score (nSPS) is 10.5. The molecule has 580 valence electrons. The van der Waals surface area contributed by atoms with Gasteiger partial charge < -0.3 is 26.6 Å². The van der Waals surface area contributed by atoms with Gasteiger partial charge in [-0.25, -0.2) is 53.6 Å². The molecule has 0 saturated heterocycles. The van der Waals surface area contributed by atoms with Crippen molar-refractivity contribution in [3.05, 3.63) is 280 Å². The Labute approximate surface area is 696 Å². The van der Waals surface area contributed by atoms with Crippen molar-refractivity contribution < 1.29 is 32.8 Å². The summed E-state index contributed by atoms with van der Waals surface area (Å²) in [6, 6.07) is 51.4. The highest BCUT2D eigenvalue weighted by Gasteiger charge is 2.17. The monoisotopic (exact) mass is 1700 g/mol. The van der Waals surface area contributed by atoms with E-state index in [1.165, 1.54) is 87.5 Å². The van der Waals surface area contributed by atoms with E-state index in [1.54, 1.807) is 116 Å². The number of thiazole rings is 3. The van der Waals surface area contributed by atoms with Crippen LogP contribution in [0.2, 0.25) is 5.02 Å². The van der Waals surface area contributed by atoms with Gasteiger partial charge in [0, 0.05) is 105 Å². The molecule has 115 heavy (non-hydrogen) atoms. The second-order valence-electron chi connectivity index (χ2n) is 23.5. The van der Waals surface area contributed by atoms with E-state index in [0.717, 1.165) is 90.6 Å². The molecule has 0 saturated carbocycles. The van der Waals surface area contributed by atoms with Crippen LogP contribution in [0.3, 0.4) is 0 Å². The number of amides is 5. The van der Waals surface area contributed by atoms with Crippen LogP contribution in [0.4, 0.5) is 34.4 Å². The van der Waals surface area contributed by atoms with E-state index < -0.39 is 5.82 Å². The van der Waals surface area contributed by atoms with E-state index in [2.05, 4.69) is 100 Å². The Balaban J connectivity index is 0.000000142. The maximum atomic E-state index is 13.5. The van der Waals surface area contributed by atoms with Crippen molar-refractivity contribution in [3.8, 4) is 56.9 Å². The molecule has 15 rings (SSSR count). The Bertz CT molecular complexity index is 5670. The molecule has 0 radical (unpaired) electrons. The van der Waals surface area contributed by atoms with Gasteiger partial charge in [-0.05, 0) is 126 Å². The number of pyridine rings is 2. The molecular weight excluding hydrogens is 1640 g/mol. The first-order chi connectivity index (χ1) is 56.0. The molecule has 0 spiro atoms. The third-order valence-electron chi connectivity index (χ3n) is 15.2. The topological polar surface area (TPSA) is 339 Å². The summed E-state index contributed by atoms with van der Waals surface area (Å²) in [6.45, 7) is 0. The average molecular weight is 1700 g/mol. The molecule has 5 amide bonds. The first kappa shape index (κ1) is 84.1. The molecule has 15 aromatic rings. The van der Waals surface area contributed by atoms with Crippen molar-refractivity contribution in [2.45, 2.75) is 54.0 Å². The number of rotatable bonds is 24. The highest BCUT2D eigenvalue weighted by molar-refractivity contribution is 7.98. The summed E-state index contributed by atoms with van der Waals surface area (Å²) in [5.41, 5.74) is 10.2.